The first-order valence-corrected chi connectivity index (χ1v) is 6.55. The first-order valence-electron chi connectivity index (χ1n) is 5.29. The van der Waals surface area contributed by atoms with Crippen molar-refractivity contribution in [2.45, 2.75) is 5.03 Å². The van der Waals surface area contributed by atoms with Crippen LogP contribution in [-0.4, -0.2) is 4.98 Å². The number of nitrogens with one attached hydrogen (secondary N) is 1. The van der Waals surface area contributed by atoms with Gasteiger partial charge < -0.3 is 4.98 Å². The Bertz CT molecular complexity index is 848. The summed E-state index contributed by atoms with van der Waals surface area (Å²) in [7, 11) is 0. The molecule has 2 heterocycles. The lowest BCUT2D eigenvalue weighted by atomic mass is 10.2. The molecule has 1 aromatic carbocycles. The van der Waals surface area contributed by atoms with Crippen molar-refractivity contribution in [3.05, 3.63) is 49.2 Å². The minimum Gasteiger partial charge on any atom is -0.307 e. The minimum atomic E-state index is -0.137. The van der Waals surface area contributed by atoms with Gasteiger partial charge in [0.25, 0.3) is 0 Å². The van der Waals surface area contributed by atoms with Crippen molar-refractivity contribution in [1.29, 1.82) is 0 Å². The molecule has 94 valence electrons. The lowest BCUT2D eigenvalue weighted by Gasteiger charge is -1.92. The average Bonchev–Trinajstić information content (AvgIpc) is 3.01. The number of H-pyrrole nitrogens is 1. The highest BCUT2D eigenvalue weighted by atomic mass is 32.1. The maximum Gasteiger partial charge on any atom is 0.305 e. The fraction of sp³-hybridized carbons (Fsp3) is 0. The molecule has 2 aromatic rings. The van der Waals surface area contributed by atoms with Crippen LogP contribution in [0.3, 0.4) is 0 Å². The lowest BCUT2D eigenvalue weighted by molar-refractivity contribution is 1.06. The van der Waals surface area contributed by atoms with Crippen molar-refractivity contribution in [3.63, 3.8) is 0 Å². The molecule has 0 saturated carbocycles. The number of hydrogen-bond donors (Lipinski definition) is 2. The summed E-state index contributed by atoms with van der Waals surface area (Å²) in [5.41, 5.74) is 0. The third-order valence-electron chi connectivity index (χ3n) is 2.46. The zero-order valence-electron chi connectivity index (χ0n) is 9.44. The Kier molecular flexibility index (Phi) is 3.10. The summed E-state index contributed by atoms with van der Waals surface area (Å²) in [6.45, 7) is 0. The average molecular weight is 289 g/mol. The van der Waals surface area contributed by atoms with E-state index in [2.05, 4.69) is 38.3 Å². The van der Waals surface area contributed by atoms with Crippen molar-refractivity contribution in [1.82, 2.24) is 4.98 Å². The maximum absolute atomic E-state index is 11.3. The number of hydrogen-bond acceptors (Lipinski definition) is 7. The third kappa shape index (κ3) is 2.40. The lowest BCUT2D eigenvalue weighted by Crippen LogP contribution is -2.25. The van der Waals surface area contributed by atoms with Crippen molar-refractivity contribution in [2.24, 2.45) is 20.7 Å². The van der Waals surface area contributed by atoms with E-state index in [1.54, 1.807) is 0 Å². The van der Waals surface area contributed by atoms with Crippen molar-refractivity contribution < 1.29 is 0 Å². The molecule has 1 aliphatic heterocycles. The quantitative estimate of drug-likeness (QED) is 0.765. The van der Waals surface area contributed by atoms with Crippen LogP contribution in [0.4, 0.5) is 0 Å². The van der Waals surface area contributed by atoms with Crippen LogP contribution < -0.4 is 15.3 Å². The number of nitrogens with zero attached hydrogens (tertiary/aromatic N) is 4. The molecule has 3 rings (SSSR count). The van der Waals surface area contributed by atoms with Gasteiger partial charge in [-0.25, -0.2) is 0 Å². The molecule has 0 atom stereocenters. The number of thiazole rings is 1. The Hall–Kier alpha value is -2.06. The summed E-state index contributed by atoms with van der Waals surface area (Å²) < 4.78 is 0. The highest BCUT2D eigenvalue weighted by Crippen LogP contribution is 2.13. The van der Waals surface area contributed by atoms with E-state index in [1.165, 1.54) is 0 Å². The predicted molar refractivity (Wildman–Crippen MR) is 74.6 cm³/mol. The van der Waals surface area contributed by atoms with Crippen LogP contribution in [0, 0.1) is 0 Å². The van der Waals surface area contributed by atoms with Crippen LogP contribution in [0.1, 0.15) is 4.88 Å². The zero-order valence-corrected chi connectivity index (χ0v) is 11.2. The Labute approximate surface area is 116 Å². The van der Waals surface area contributed by atoms with Crippen molar-refractivity contribution >= 4 is 35.9 Å². The van der Waals surface area contributed by atoms with E-state index in [1.807, 2.05) is 30.3 Å². The van der Waals surface area contributed by atoms with E-state index < -0.39 is 0 Å². The molecule has 19 heavy (non-hydrogen) atoms. The molecule has 0 amide bonds. The van der Waals surface area contributed by atoms with Gasteiger partial charge in [0, 0.05) is 5.22 Å². The molecule has 0 radical (unpaired) electrons. The summed E-state index contributed by atoms with van der Waals surface area (Å²) in [6, 6.07) is 7.55. The van der Waals surface area contributed by atoms with E-state index in [-0.39, 0.29) is 4.87 Å². The number of thiol groups is 1. The Morgan fingerprint density at radius 2 is 1.95 bits per heavy atom. The fourth-order valence-electron chi connectivity index (χ4n) is 1.65. The Morgan fingerprint density at radius 1 is 1.21 bits per heavy atom. The molecule has 1 aliphatic rings. The smallest absolute Gasteiger partial charge is 0.305 e. The largest absolute Gasteiger partial charge is 0.307 e. The van der Waals surface area contributed by atoms with Gasteiger partial charge in [-0.05, 0) is 21.7 Å². The normalized spacial score (nSPS) is 14.6. The third-order valence-corrected chi connectivity index (χ3v) is 3.80. The summed E-state index contributed by atoms with van der Waals surface area (Å²) in [5.74, 6) is 0.454. The molecule has 1 aromatic heterocycles. The second-order valence-electron chi connectivity index (χ2n) is 3.66. The molecule has 0 fully saturated rings. The van der Waals surface area contributed by atoms with Crippen LogP contribution in [0.2, 0.25) is 0 Å². The van der Waals surface area contributed by atoms with Gasteiger partial charge in [0.1, 0.15) is 0 Å². The van der Waals surface area contributed by atoms with Gasteiger partial charge in [0.15, 0.2) is 0 Å². The molecule has 6 nitrogen and oxygen atoms in total. The summed E-state index contributed by atoms with van der Waals surface area (Å²) in [4.78, 5) is 14.5. The maximum atomic E-state index is 11.3. The van der Waals surface area contributed by atoms with Crippen LogP contribution in [0.25, 0.3) is 11.9 Å². The van der Waals surface area contributed by atoms with Crippen molar-refractivity contribution in [3.8, 4) is 0 Å². The van der Waals surface area contributed by atoms with Gasteiger partial charge >= 0.3 is 4.87 Å². The molecular formula is C11H7N5OS2. The van der Waals surface area contributed by atoms with Gasteiger partial charge in [0.05, 0.1) is 9.90 Å². The highest BCUT2D eigenvalue weighted by Gasteiger charge is 2.03. The minimum absolute atomic E-state index is 0.137. The molecule has 0 bridgehead atoms. The van der Waals surface area contributed by atoms with Gasteiger partial charge in [-0.3, -0.25) is 4.79 Å². The van der Waals surface area contributed by atoms with Gasteiger partial charge in [0.2, 0.25) is 5.82 Å². The van der Waals surface area contributed by atoms with Crippen molar-refractivity contribution in [2.75, 3.05) is 0 Å². The number of rotatable bonds is 1. The summed E-state index contributed by atoms with van der Waals surface area (Å²) in [6.07, 6.45) is 1.86. The van der Waals surface area contributed by atoms with Crippen LogP contribution >= 0.6 is 24.0 Å². The Morgan fingerprint density at radius 3 is 2.63 bits per heavy atom. The number of aromatic nitrogens is 1. The van der Waals surface area contributed by atoms with E-state index in [0.29, 0.717) is 10.8 Å². The Balaban J connectivity index is 2.31. The zero-order chi connectivity index (χ0) is 13.2. The van der Waals surface area contributed by atoms with Gasteiger partial charge in [-0.15, -0.1) is 22.9 Å². The fourth-order valence-corrected chi connectivity index (χ4v) is 2.72. The van der Waals surface area contributed by atoms with Crippen LogP contribution in [0.15, 0.2) is 54.8 Å². The van der Waals surface area contributed by atoms with Crippen LogP contribution in [-0.2, 0) is 0 Å². The molecule has 0 spiro atoms. The first kappa shape index (κ1) is 12.0. The topological polar surface area (TPSA) is 82.3 Å². The predicted octanol–water partition coefficient (Wildman–Crippen LogP) is 1.45. The van der Waals surface area contributed by atoms with Crippen LogP contribution in [0.5, 0.6) is 0 Å². The van der Waals surface area contributed by atoms with E-state index in [4.69, 9.17) is 0 Å². The number of benzene rings is 1. The SMILES string of the molecule is O=c1[nH]c(S)c(/C=c2\ccccc2=C2N=NN=N2)s1. The standard InChI is InChI=1S/C11H7N5OS2/c17-11-12-10(18)8(19-11)5-6-3-1-2-4-7(6)9-13-15-16-14-9/h1-5,18H,(H,12,17)/b6-5+. The monoisotopic (exact) mass is 289 g/mol. The second-order valence-corrected chi connectivity index (χ2v) is 5.12. The van der Waals surface area contributed by atoms with Gasteiger partial charge in [-0.1, -0.05) is 35.6 Å². The second kappa shape index (κ2) is 4.90. The highest BCUT2D eigenvalue weighted by molar-refractivity contribution is 7.80. The number of aromatic amines is 1. The molecule has 0 unspecified atom stereocenters. The van der Waals surface area contributed by atoms with Gasteiger partial charge in [-0.2, -0.15) is 0 Å². The molecular weight excluding hydrogens is 282 g/mol. The first-order chi connectivity index (χ1) is 9.24. The molecule has 0 aliphatic carbocycles. The summed E-state index contributed by atoms with van der Waals surface area (Å²) >= 11 is 5.33. The molecule has 1 N–H and O–H groups in total. The van der Waals surface area contributed by atoms with E-state index >= 15 is 0 Å². The molecule has 8 heteroatoms. The van der Waals surface area contributed by atoms with E-state index in [0.717, 1.165) is 26.7 Å². The van der Waals surface area contributed by atoms with E-state index in [9.17, 15) is 4.79 Å². The summed E-state index contributed by atoms with van der Waals surface area (Å²) in [5, 5.41) is 16.9. The molecule has 0 saturated heterocycles.